The number of hydrogen-bond acceptors (Lipinski definition) is 1. The van der Waals surface area contributed by atoms with Crippen molar-refractivity contribution in [1.82, 2.24) is 4.57 Å². The van der Waals surface area contributed by atoms with Crippen molar-refractivity contribution in [2.45, 2.75) is 0 Å². The highest BCUT2D eigenvalue weighted by Gasteiger charge is 2.21. The number of hydrogen-bond donors (Lipinski definition) is 0. The molecule has 0 saturated heterocycles. The largest absolute Gasteiger partial charge is 0.310 e. The minimum atomic E-state index is 1.09. The molecule has 0 N–H and O–H groups in total. The minimum absolute atomic E-state index is 1.09. The van der Waals surface area contributed by atoms with Gasteiger partial charge in [-0.3, -0.25) is 0 Å². The summed E-state index contributed by atoms with van der Waals surface area (Å²) in [4.78, 5) is 2.40. The van der Waals surface area contributed by atoms with Crippen LogP contribution in [0.4, 0.5) is 17.1 Å². The van der Waals surface area contributed by atoms with E-state index in [-0.39, 0.29) is 0 Å². The fraction of sp³-hybridized carbons (Fsp3) is 0. The quantitative estimate of drug-likeness (QED) is 0.145. The van der Waals surface area contributed by atoms with Crippen molar-refractivity contribution in [3.63, 3.8) is 0 Å². The SMILES string of the molecule is c1ccc(-c2c(-c3ccc(N(c4ccc(-c5ccc6c7ccc8ccccc8c7n(-c7ccccc7)c6c5)cc4)c4ccc5c(ccc6ccccc65)c4)cc3)c3ccccc3c3ccccc23)cc1. The number of aromatic nitrogens is 1. The third-order valence-electron chi connectivity index (χ3n) is 14.5. The zero-order valence-corrected chi connectivity index (χ0v) is 38.3. The standard InChI is InChI=1S/C68H44N2/c1-3-17-48(18-4-1)66-62-25-13-11-23-59(62)60-24-12-14-26-63(60)67(66)49-31-37-54(38-32-49)69(55-39-42-57-51(43-55)28-27-46-15-7-9-21-56(46)57)53-35-29-45(30-36-53)50-34-40-61-64-41-33-47-16-8-10-22-58(47)68(64)70(65(61)44-50)52-19-5-2-6-20-52/h1-44H. The first-order chi connectivity index (χ1) is 34.7. The zero-order chi connectivity index (χ0) is 46.1. The Morgan fingerprint density at radius 3 is 1.36 bits per heavy atom. The topological polar surface area (TPSA) is 8.17 Å². The van der Waals surface area contributed by atoms with Gasteiger partial charge in [-0.2, -0.15) is 0 Å². The van der Waals surface area contributed by atoms with E-state index in [0.717, 1.165) is 28.3 Å². The molecule has 70 heavy (non-hydrogen) atoms. The molecule has 326 valence electrons. The second-order valence-corrected chi connectivity index (χ2v) is 18.4. The molecule has 0 aliphatic carbocycles. The van der Waals surface area contributed by atoms with Gasteiger partial charge >= 0.3 is 0 Å². The van der Waals surface area contributed by atoms with Gasteiger partial charge in [0, 0.05) is 38.9 Å². The summed E-state index contributed by atoms with van der Waals surface area (Å²) in [5, 5.41) is 15.0. The summed E-state index contributed by atoms with van der Waals surface area (Å²) in [6, 6.07) is 98.1. The van der Waals surface area contributed by atoms with Crippen molar-refractivity contribution in [3.8, 4) is 39.1 Å². The van der Waals surface area contributed by atoms with Gasteiger partial charge in [-0.1, -0.05) is 212 Å². The van der Waals surface area contributed by atoms with Gasteiger partial charge in [0.2, 0.25) is 0 Å². The molecule has 0 aliphatic heterocycles. The van der Waals surface area contributed by atoms with Gasteiger partial charge in [0.1, 0.15) is 0 Å². The smallest absolute Gasteiger partial charge is 0.0619 e. The van der Waals surface area contributed by atoms with E-state index < -0.39 is 0 Å². The summed E-state index contributed by atoms with van der Waals surface area (Å²) in [7, 11) is 0. The van der Waals surface area contributed by atoms with Crippen LogP contribution in [0.2, 0.25) is 0 Å². The third-order valence-corrected chi connectivity index (χ3v) is 14.5. The number of para-hydroxylation sites is 1. The van der Waals surface area contributed by atoms with Crippen molar-refractivity contribution < 1.29 is 0 Å². The van der Waals surface area contributed by atoms with E-state index in [1.807, 2.05) is 0 Å². The molecule has 0 amide bonds. The Morgan fingerprint density at radius 2 is 0.686 bits per heavy atom. The first kappa shape index (κ1) is 39.9. The van der Waals surface area contributed by atoms with Crippen LogP contribution < -0.4 is 4.90 Å². The summed E-state index contributed by atoms with van der Waals surface area (Å²) in [6.45, 7) is 0. The van der Waals surface area contributed by atoms with Crippen LogP contribution in [-0.4, -0.2) is 4.57 Å². The Labute approximate surface area is 406 Å². The van der Waals surface area contributed by atoms with Crippen molar-refractivity contribution in [1.29, 1.82) is 0 Å². The molecule has 14 rings (SSSR count). The molecule has 2 nitrogen and oxygen atoms in total. The summed E-state index contributed by atoms with van der Waals surface area (Å²) >= 11 is 0. The second-order valence-electron chi connectivity index (χ2n) is 18.4. The lowest BCUT2D eigenvalue weighted by molar-refractivity contribution is 1.19. The van der Waals surface area contributed by atoms with Gasteiger partial charge in [-0.25, -0.2) is 0 Å². The lowest BCUT2D eigenvalue weighted by Gasteiger charge is -2.27. The molecule has 0 unspecified atom stereocenters. The van der Waals surface area contributed by atoms with Gasteiger partial charge in [0.05, 0.1) is 11.0 Å². The number of fused-ring (bicyclic) bond motifs is 11. The average molecular weight is 889 g/mol. The van der Waals surface area contributed by atoms with E-state index >= 15 is 0 Å². The molecule has 0 fully saturated rings. The maximum absolute atomic E-state index is 2.45. The molecule has 1 heterocycles. The van der Waals surface area contributed by atoms with Gasteiger partial charge in [0.15, 0.2) is 0 Å². The summed E-state index contributed by atoms with van der Waals surface area (Å²) in [5.41, 5.74) is 14.1. The molecule has 0 saturated carbocycles. The van der Waals surface area contributed by atoms with Crippen LogP contribution in [0.3, 0.4) is 0 Å². The fourth-order valence-electron chi connectivity index (χ4n) is 11.3. The van der Waals surface area contributed by atoms with E-state index in [4.69, 9.17) is 0 Å². The Balaban J connectivity index is 0.920. The van der Waals surface area contributed by atoms with Crippen molar-refractivity contribution in [3.05, 3.63) is 267 Å². The highest BCUT2D eigenvalue weighted by molar-refractivity contribution is 6.22. The van der Waals surface area contributed by atoms with Crippen LogP contribution in [0.5, 0.6) is 0 Å². The number of anilines is 3. The predicted molar refractivity (Wildman–Crippen MR) is 299 cm³/mol. The second kappa shape index (κ2) is 16.2. The highest BCUT2D eigenvalue weighted by Crippen LogP contribution is 2.46. The summed E-state index contributed by atoms with van der Waals surface area (Å²) in [6.07, 6.45) is 0. The molecule has 0 radical (unpaired) electrons. The predicted octanol–water partition coefficient (Wildman–Crippen LogP) is 19.0. The average Bonchev–Trinajstić information content (AvgIpc) is 3.78. The first-order valence-corrected chi connectivity index (χ1v) is 24.2. The maximum atomic E-state index is 2.45. The lowest BCUT2D eigenvalue weighted by Crippen LogP contribution is -2.10. The Morgan fingerprint density at radius 1 is 0.243 bits per heavy atom. The molecule has 1 aromatic heterocycles. The fourth-order valence-corrected chi connectivity index (χ4v) is 11.3. The molecule has 2 heteroatoms. The van der Waals surface area contributed by atoms with Crippen molar-refractivity contribution in [2.75, 3.05) is 4.90 Å². The molecular formula is C68H44N2. The molecule has 0 atom stereocenters. The molecule has 0 aliphatic rings. The van der Waals surface area contributed by atoms with Crippen LogP contribution in [0, 0.1) is 0 Å². The van der Waals surface area contributed by atoms with Crippen LogP contribution in [0.25, 0.3) is 115 Å². The van der Waals surface area contributed by atoms with Gasteiger partial charge in [0.25, 0.3) is 0 Å². The van der Waals surface area contributed by atoms with Crippen molar-refractivity contribution in [2.24, 2.45) is 0 Å². The molecule has 0 bridgehead atoms. The van der Waals surface area contributed by atoms with E-state index in [2.05, 4.69) is 276 Å². The number of rotatable bonds is 7. The van der Waals surface area contributed by atoms with E-state index in [1.54, 1.807) is 0 Å². The highest BCUT2D eigenvalue weighted by atomic mass is 15.1. The lowest BCUT2D eigenvalue weighted by atomic mass is 9.85. The summed E-state index contributed by atoms with van der Waals surface area (Å²) in [5.74, 6) is 0. The van der Waals surface area contributed by atoms with Crippen molar-refractivity contribution >= 4 is 92.7 Å². The Kier molecular flexibility index (Phi) is 9.25. The van der Waals surface area contributed by atoms with Crippen LogP contribution in [0.1, 0.15) is 0 Å². The molecular weight excluding hydrogens is 845 g/mol. The van der Waals surface area contributed by atoms with E-state index in [9.17, 15) is 0 Å². The third kappa shape index (κ3) is 6.42. The van der Waals surface area contributed by atoms with E-state index in [0.29, 0.717) is 0 Å². The summed E-state index contributed by atoms with van der Waals surface area (Å²) < 4.78 is 2.45. The monoisotopic (exact) mass is 888 g/mol. The maximum Gasteiger partial charge on any atom is 0.0619 e. The molecule has 14 aromatic rings. The zero-order valence-electron chi connectivity index (χ0n) is 38.3. The van der Waals surface area contributed by atoms with Crippen LogP contribution in [-0.2, 0) is 0 Å². The number of nitrogens with zero attached hydrogens (tertiary/aromatic N) is 2. The van der Waals surface area contributed by atoms with Gasteiger partial charge < -0.3 is 9.47 Å². The Bertz CT molecular complexity index is 4320. The molecule has 0 spiro atoms. The molecule has 13 aromatic carbocycles. The normalized spacial score (nSPS) is 11.7. The van der Waals surface area contributed by atoms with E-state index in [1.165, 1.54) is 103 Å². The Hall–Kier alpha value is -9.24. The van der Waals surface area contributed by atoms with Gasteiger partial charge in [-0.15, -0.1) is 0 Å². The van der Waals surface area contributed by atoms with Crippen LogP contribution in [0.15, 0.2) is 267 Å². The first-order valence-electron chi connectivity index (χ1n) is 24.2. The minimum Gasteiger partial charge on any atom is -0.310 e. The van der Waals surface area contributed by atoms with Crippen LogP contribution >= 0.6 is 0 Å². The van der Waals surface area contributed by atoms with Gasteiger partial charge in [-0.05, 0) is 136 Å². The number of benzene rings is 13.